The van der Waals surface area contributed by atoms with E-state index in [-0.39, 0.29) is 57.6 Å². The Morgan fingerprint density at radius 1 is 0.964 bits per heavy atom. The van der Waals surface area contributed by atoms with Crippen molar-refractivity contribution in [1.29, 1.82) is 5.26 Å². The zero-order valence-electron chi connectivity index (χ0n) is 32.4. The highest BCUT2D eigenvalue weighted by atomic mass is 32.2. The monoisotopic (exact) mass is 789 g/mol. The molecule has 0 bridgehead atoms. The van der Waals surface area contributed by atoms with Crippen molar-refractivity contribution >= 4 is 33.7 Å². The topological polar surface area (TPSA) is 184 Å². The Hall–Kier alpha value is -5.60. The van der Waals surface area contributed by atoms with Gasteiger partial charge in [-0.3, -0.25) is 9.69 Å². The first kappa shape index (κ1) is 40.1. The molecule has 1 unspecified atom stereocenters. The van der Waals surface area contributed by atoms with Crippen LogP contribution in [0.25, 0.3) is 0 Å². The summed E-state index contributed by atoms with van der Waals surface area (Å²) in [5, 5.41) is 12.9. The molecule has 1 atom stereocenters. The molecule has 3 aliphatic heterocycles. The number of piperidine rings is 1. The second-order valence-corrected chi connectivity index (χ2v) is 16.4. The number of hydrogen-bond acceptors (Lipinski definition) is 12. The number of ether oxygens (including phenoxy) is 4. The van der Waals surface area contributed by atoms with Gasteiger partial charge in [0.05, 0.1) is 43.7 Å². The summed E-state index contributed by atoms with van der Waals surface area (Å²) in [7, 11) is -2.01. The Kier molecular flexibility index (Phi) is 11.4. The van der Waals surface area contributed by atoms with E-state index in [0.717, 1.165) is 0 Å². The van der Waals surface area contributed by atoms with Gasteiger partial charge in [-0.25, -0.2) is 23.0 Å². The highest BCUT2D eigenvalue weighted by molar-refractivity contribution is 7.93. The highest BCUT2D eigenvalue weighted by Crippen LogP contribution is 2.50. The number of nitrogens with one attached hydrogen (secondary N) is 1. The van der Waals surface area contributed by atoms with Crippen molar-refractivity contribution in [3.05, 3.63) is 71.4 Å². The summed E-state index contributed by atoms with van der Waals surface area (Å²) < 4.78 is 52.1. The molecular formula is C39H47N7O9S. The van der Waals surface area contributed by atoms with Crippen LogP contribution in [0.4, 0.5) is 15.3 Å². The molecule has 16 nitrogen and oxygen atoms in total. The Morgan fingerprint density at radius 2 is 1.68 bits per heavy atom. The Morgan fingerprint density at radius 3 is 2.30 bits per heavy atom. The molecule has 2 fully saturated rings. The summed E-state index contributed by atoms with van der Waals surface area (Å²) in [4.78, 5) is 52.0. The molecule has 4 heterocycles. The van der Waals surface area contributed by atoms with Gasteiger partial charge in [0.25, 0.3) is 15.9 Å². The summed E-state index contributed by atoms with van der Waals surface area (Å²) >= 11 is 0. The van der Waals surface area contributed by atoms with Gasteiger partial charge in [0.15, 0.2) is 5.54 Å². The molecule has 4 amide bonds. The third-order valence-corrected chi connectivity index (χ3v) is 11.9. The number of methoxy groups -OCH3 is 2. The van der Waals surface area contributed by atoms with Crippen LogP contribution < -0.4 is 23.8 Å². The molecule has 0 radical (unpaired) electrons. The number of aromatic nitrogens is 1. The maximum absolute atomic E-state index is 15.2. The van der Waals surface area contributed by atoms with E-state index in [1.807, 2.05) is 20.8 Å². The van der Waals surface area contributed by atoms with Crippen LogP contribution in [0.2, 0.25) is 0 Å². The van der Waals surface area contributed by atoms with Gasteiger partial charge in [-0.05, 0) is 83.0 Å². The van der Waals surface area contributed by atoms with Crippen molar-refractivity contribution in [1.82, 2.24) is 25.0 Å². The molecule has 1 aromatic heterocycles. The molecule has 2 saturated heterocycles. The van der Waals surface area contributed by atoms with E-state index in [4.69, 9.17) is 18.9 Å². The number of nitrogens with zero attached hydrogens (tertiary/aromatic N) is 6. The molecule has 298 valence electrons. The standard InChI is InChI=1S/C39H47N7O9S/c1-7-54-34-29(9-8-16-41-34)39(42-36(48)44-17-14-27(15-18-44)43-19-21-45(22-20-43)37(49)55-38(2,3)4)30-23-26(25-40)10-12-31(30)46(35(39)47)56(50,51)33-13-11-28(52-5)24-32(33)53-6/h8-13,16,23-24,27H,7,14-15,17-22H2,1-6H3,(H,42,48). The summed E-state index contributed by atoms with van der Waals surface area (Å²) in [6, 6.07) is 13.0. The number of fused-ring (bicyclic) bond motifs is 1. The second kappa shape index (κ2) is 15.9. The number of amides is 4. The molecule has 3 aromatic rings. The van der Waals surface area contributed by atoms with E-state index in [9.17, 15) is 23.3 Å². The highest BCUT2D eigenvalue weighted by Gasteiger charge is 2.59. The summed E-state index contributed by atoms with van der Waals surface area (Å²) in [5.74, 6) is -0.764. The minimum Gasteiger partial charge on any atom is -0.497 e. The molecule has 2 aromatic carbocycles. The summed E-state index contributed by atoms with van der Waals surface area (Å²) in [6.07, 6.45) is 2.39. The van der Waals surface area contributed by atoms with Crippen LogP contribution in [-0.2, 0) is 25.1 Å². The number of rotatable bonds is 9. The number of urea groups is 1. The van der Waals surface area contributed by atoms with Crippen LogP contribution in [0.5, 0.6) is 17.4 Å². The molecule has 0 saturated carbocycles. The number of anilines is 1. The first-order valence-electron chi connectivity index (χ1n) is 18.4. The molecular weight excluding hydrogens is 743 g/mol. The largest absolute Gasteiger partial charge is 0.497 e. The SMILES string of the molecule is CCOc1ncccc1C1(NC(=O)N2CCC(N3CCN(C(=O)OC(C)(C)C)CC3)CC2)C(=O)N(S(=O)(=O)c2ccc(OC)cc2OC)c2ccc(C#N)cc21. The Bertz CT molecular complexity index is 2140. The van der Waals surface area contributed by atoms with Crippen molar-refractivity contribution in [2.24, 2.45) is 0 Å². The van der Waals surface area contributed by atoms with Crippen LogP contribution in [0, 0.1) is 11.3 Å². The maximum Gasteiger partial charge on any atom is 0.410 e. The predicted octanol–water partition coefficient (Wildman–Crippen LogP) is 4.07. The maximum atomic E-state index is 15.2. The van der Waals surface area contributed by atoms with Gasteiger partial charge < -0.3 is 34.1 Å². The van der Waals surface area contributed by atoms with Crippen LogP contribution in [0.3, 0.4) is 0 Å². The Balaban J connectivity index is 1.33. The summed E-state index contributed by atoms with van der Waals surface area (Å²) in [5.41, 5.74) is -2.57. The number of likely N-dealkylation sites (tertiary alicyclic amines) is 1. The lowest BCUT2D eigenvalue weighted by atomic mass is 9.83. The fraction of sp³-hybridized carbons (Fsp3) is 0.462. The normalized spacial score (nSPS) is 19.2. The molecule has 56 heavy (non-hydrogen) atoms. The van der Waals surface area contributed by atoms with Gasteiger partial charge in [-0.15, -0.1) is 0 Å². The number of benzene rings is 2. The van der Waals surface area contributed by atoms with Gasteiger partial charge >= 0.3 is 12.1 Å². The van der Waals surface area contributed by atoms with Crippen molar-refractivity contribution < 1.29 is 41.7 Å². The van der Waals surface area contributed by atoms with E-state index in [0.29, 0.717) is 62.2 Å². The quantitative estimate of drug-likeness (QED) is 0.329. The number of carbonyl (C=O) groups excluding carboxylic acids is 3. The second-order valence-electron chi connectivity index (χ2n) is 14.6. The Labute approximate surface area is 326 Å². The van der Waals surface area contributed by atoms with Crippen molar-refractivity contribution in [3.8, 4) is 23.4 Å². The average molecular weight is 790 g/mol. The smallest absolute Gasteiger partial charge is 0.410 e. The van der Waals surface area contributed by atoms with Crippen LogP contribution in [0.15, 0.2) is 59.6 Å². The molecule has 6 rings (SSSR count). The minimum absolute atomic E-state index is 0.00229. The van der Waals surface area contributed by atoms with Crippen LogP contribution in [-0.4, -0.2) is 118 Å². The lowest BCUT2D eigenvalue weighted by Crippen LogP contribution is -2.60. The van der Waals surface area contributed by atoms with E-state index in [1.165, 1.54) is 56.8 Å². The fourth-order valence-corrected chi connectivity index (χ4v) is 9.04. The first-order chi connectivity index (χ1) is 26.7. The van der Waals surface area contributed by atoms with Crippen LogP contribution in [0.1, 0.15) is 57.2 Å². The zero-order valence-corrected chi connectivity index (χ0v) is 33.2. The predicted molar refractivity (Wildman–Crippen MR) is 204 cm³/mol. The third kappa shape index (κ3) is 7.50. The first-order valence-corrected chi connectivity index (χ1v) is 19.9. The van der Waals surface area contributed by atoms with Crippen molar-refractivity contribution in [2.45, 2.75) is 62.6 Å². The molecule has 17 heteroatoms. The fourth-order valence-electron chi connectivity index (χ4n) is 7.43. The van der Waals surface area contributed by atoms with E-state index in [2.05, 4.69) is 21.3 Å². The average Bonchev–Trinajstić information content (AvgIpc) is 3.44. The van der Waals surface area contributed by atoms with Gasteiger partial charge in [-0.1, -0.05) is 0 Å². The van der Waals surface area contributed by atoms with E-state index in [1.54, 1.807) is 28.9 Å². The number of piperazine rings is 1. The number of sulfonamides is 1. The van der Waals surface area contributed by atoms with Gasteiger partial charge in [0.2, 0.25) is 5.88 Å². The number of nitriles is 1. The van der Waals surface area contributed by atoms with Crippen molar-refractivity contribution in [2.75, 3.05) is 64.4 Å². The third-order valence-electron chi connectivity index (χ3n) is 10.1. The molecule has 3 aliphatic rings. The van der Waals surface area contributed by atoms with Crippen LogP contribution >= 0.6 is 0 Å². The lowest BCUT2D eigenvalue weighted by Gasteiger charge is -2.43. The van der Waals surface area contributed by atoms with E-state index >= 15 is 4.79 Å². The van der Waals surface area contributed by atoms with Gasteiger partial charge in [0, 0.05) is 63.1 Å². The zero-order chi connectivity index (χ0) is 40.4. The van der Waals surface area contributed by atoms with Gasteiger partial charge in [0.1, 0.15) is 22.0 Å². The van der Waals surface area contributed by atoms with Crippen molar-refractivity contribution in [3.63, 3.8) is 0 Å². The summed E-state index contributed by atoms with van der Waals surface area (Å²) in [6.45, 7) is 10.5. The molecule has 0 spiro atoms. The van der Waals surface area contributed by atoms with Gasteiger partial charge in [-0.2, -0.15) is 9.57 Å². The molecule has 0 aliphatic carbocycles. The number of carbonyl (C=O) groups is 3. The number of pyridine rings is 1. The minimum atomic E-state index is -4.74. The van der Waals surface area contributed by atoms with E-state index < -0.39 is 33.1 Å². The molecule has 1 N–H and O–H groups in total. The number of hydrogen-bond donors (Lipinski definition) is 1. The lowest BCUT2D eigenvalue weighted by molar-refractivity contribution is -0.121.